The minimum absolute atomic E-state index is 0.129. The molecule has 7 heteroatoms. The van der Waals surface area contributed by atoms with Crippen LogP contribution in [0, 0.1) is 11.8 Å². The van der Waals surface area contributed by atoms with Gasteiger partial charge in [-0.15, -0.1) is 0 Å². The Labute approximate surface area is 122 Å². The van der Waals surface area contributed by atoms with Gasteiger partial charge in [0.1, 0.15) is 5.69 Å². The van der Waals surface area contributed by atoms with Crippen molar-refractivity contribution < 1.29 is 8.42 Å². The molecule has 2 aromatic rings. The van der Waals surface area contributed by atoms with Gasteiger partial charge in [-0.2, -0.15) is 0 Å². The number of anilines is 1. The molecular weight excluding hydrogens is 298 g/mol. The highest BCUT2D eigenvalue weighted by Gasteiger charge is 2.01. The molecule has 0 spiro atoms. The zero-order valence-electron chi connectivity index (χ0n) is 10.5. The molecule has 102 valence electrons. The van der Waals surface area contributed by atoms with Crippen molar-refractivity contribution in [3.63, 3.8) is 0 Å². The molecule has 0 radical (unpaired) electrons. The van der Waals surface area contributed by atoms with Crippen LogP contribution in [-0.4, -0.2) is 24.6 Å². The van der Waals surface area contributed by atoms with Crippen molar-refractivity contribution in [1.29, 1.82) is 0 Å². The van der Waals surface area contributed by atoms with Crippen LogP contribution in [0.2, 0.25) is 5.28 Å². The quantitative estimate of drug-likeness (QED) is 0.679. The van der Waals surface area contributed by atoms with E-state index in [-0.39, 0.29) is 5.28 Å². The van der Waals surface area contributed by atoms with Crippen molar-refractivity contribution in [3.05, 3.63) is 53.1 Å². The van der Waals surface area contributed by atoms with Crippen LogP contribution in [0.15, 0.2) is 36.5 Å². The Morgan fingerprint density at radius 1 is 1.25 bits per heavy atom. The van der Waals surface area contributed by atoms with Crippen LogP contribution in [0.5, 0.6) is 0 Å². The molecule has 0 saturated carbocycles. The summed E-state index contributed by atoms with van der Waals surface area (Å²) in [5.74, 6) is 5.71. The number of benzene rings is 1. The lowest BCUT2D eigenvalue weighted by Crippen LogP contribution is -2.09. The Morgan fingerprint density at radius 2 is 2.05 bits per heavy atom. The molecule has 0 saturated heterocycles. The molecular formula is C13H10ClN3O2S. The van der Waals surface area contributed by atoms with Gasteiger partial charge in [0.05, 0.1) is 6.26 Å². The van der Waals surface area contributed by atoms with Gasteiger partial charge >= 0.3 is 0 Å². The van der Waals surface area contributed by atoms with E-state index in [0.717, 1.165) is 6.26 Å². The summed E-state index contributed by atoms with van der Waals surface area (Å²) in [5, 5.41) is 0.129. The molecule has 1 N–H and O–H groups in total. The zero-order chi connectivity index (χ0) is 14.6. The van der Waals surface area contributed by atoms with Crippen LogP contribution in [0.3, 0.4) is 0 Å². The highest BCUT2D eigenvalue weighted by Crippen LogP contribution is 2.11. The van der Waals surface area contributed by atoms with E-state index in [1.54, 1.807) is 30.3 Å². The monoisotopic (exact) mass is 307 g/mol. The first-order valence-corrected chi connectivity index (χ1v) is 7.78. The second kappa shape index (κ2) is 5.90. The van der Waals surface area contributed by atoms with Crippen molar-refractivity contribution in [2.45, 2.75) is 0 Å². The molecule has 0 aliphatic heterocycles. The van der Waals surface area contributed by atoms with Crippen LogP contribution >= 0.6 is 11.6 Å². The van der Waals surface area contributed by atoms with Gasteiger partial charge in [0.2, 0.25) is 15.3 Å². The maximum atomic E-state index is 11.2. The van der Waals surface area contributed by atoms with Crippen LogP contribution in [-0.2, 0) is 10.0 Å². The number of sulfonamides is 1. The Hall–Kier alpha value is -2.10. The van der Waals surface area contributed by atoms with Gasteiger partial charge < -0.3 is 0 Å². The fourth-order valence-electron chi connectivity index (χ4n) is 1.42. The second-order valence-corrected chi connectivity index (χ2v) is 6.00. The number of rotatable bonds is 2. The third-order valence-corrected chi connectivity index (χ3v) is 2.92. The van der Waals surface area contributed by atoms with Crippen molar-refractivity contribution in [2.24, 2.45) is 0 Å². The molecule has 2 rings (SSSR count). The summed E-state index contributed by atoms with van der Waals surface area (Å²) in [4.78, 5) is 7.70. The van der Waals surface area contributed by atoms with E-state index in [0.29, 0.717) is 16.9 Å². The second-order valence-electron chi connectivity index (χ2n) is 3.92. The molecule has 0 atom stereocenters. The van der Waals surface area contributed by atoms with E-state index in [1.165, 1.54) is 6.20 Å². The van der Waals surface area contributed by atoms with Crippen molar-refractivity contribution in [2.75, 3.05) is 11.0 Å². The van der Waals surface area contributed by atoms with Gasteiger partial charge in [0, 0.05) is 17.4 Å². The topological polar surface area (TPSA) is 72.0 Å². The van der Waals surface area contributed by atoms with E-state index in [2.05, 4.69) is 26.5 Å². The van der Waals surface area contributed by atoms with Crippen molar-refractivity contribution in [1.82, 2.24) is 9.97 Å². The predicted octanol–water partition coefficient (Wildman–Crippen LogP) is 1.90. The Kier molecular flexibility index (Phi) is 4.23. The Morgan fingerprint density at radius 3 is 2.75 bits per heavy atom. The van der Waals surface area contributed by atoms with E-state index in [9.17, 15) is 8.42 Å². The predicted molar refractivity (Wildman–Crippen MR) is 77.9 cm³/mol. The van der Waals surface area contributed by atoms with E-state index in [1.807, 2.05) is 0 Å². The zero-order valence-corrected chi connectivity index (χ0v) is 12.0. The molecule has 20 heavy (non-hydrogen) atoms. The van der Waals surface area contributed by atoms with E-state index >= 15 is 0 Å². The Balaban J connectivity index is 2.25. The molecule has 1 heterocycles. The molecule has 0 unspecified atom stereocenters. The maximum Gasteiger partial charge on any atom is 0.229 e. The fourth-order valence-corrected chi connectivity index (χ4v) is 2.12. The van der Waals surface area contributed by atoms with Crippen LogP contribution in [0.4, 0.5) is 5.69 Å². The molecule has 5 nitrogen and oxygen atoms in total. The first-order chi connectivity index (χ1) is 9.42. The van der Waals surface area contributed by atoms with Gasteiger partial charge in [0.25, 0.3) is 0 Å². The molecule has 1 aromatic heterocycles. The highest BCUT2D eigenvalue weighted by molar-refractivity contribution is 7.92. The molecule has 0 bridgehead atoms. The van der Waals surface area contributed by atoms with Crippen molar-refractivity contribution >= 4 is 27.3 Å². The summed E-state index contributed by atoms with van der Waals surface area (Å²) >= 11 is 5.66. The third kappa shape index (κ3) is 4.53. The fraction of sp³-hybridized carbons (Fsp3) is 0.0769. The van der Waals surface area contributed by atoms with Gasteiger partial charge in [-0.3, -0.25) is 4.72 Å². The van der Waals surface area contributed by atoms with Crippen molar-refractivity contribution in [3.8, 4) is 11.8 Å². The normalized spacial score (nSPS) is 10.5. The smallest absolute Gasteiger partial charge is 0.229 e. The lowest BCUT2D eigenvalue weighted by Gasteiger charge is -2.03. The maximum absolute atomic E-state index is 11.2. The first kappa shape index (κ1) is 14.3. The standard InChI is InChI=1S/C13H10ClN3O2S/c1-20(18,19)17-12-4-2-3-10(9-12)5-6-11-7-8-15-13(14)16-11/h2-4,7-9,17H,1H3. The molecule has 0 amide bonds. The number of nitrogens with zero attached hydrogens (tertiary/aromatic N) is 2. The van der Waals surface area contributed by atoms with Gasteiger partial charge in [-0.25, -0.2) is 18.4 Å². The lowest BCUT2D eigenvalue weighted by molar-refractivity contribution is 0.607. The van der Waals surface area contributed by atoms with Crippen LogP contribution < -0.4 is 4.72 Å². The number of halogens is 1. The van der Waals surface area contributed by atoms with E-state index in [4.69, 9.17) is 11.6 Å². The third-order valence-electron chi connectivity index (χ3n) is 2.13. The summed E-state index contributed by atoms with van der Waals surface area (Å²) in [7, 11) is -3.30. The number of hydrogen-bond acceptors (Lipinski definition) is 4. The SMILES string of the molecule is CS(=O)(=O)Nc1cccc(C#Cc2ccnc(Cl)n2)c1. The average molecular weight is 308 g/mol. The minimum Gasteiger partial charge on any atom is -0.284 e. The number of hydrogen-bond donors (Lipinski definition) is 1. The molecule has 0 aliphatic carbocycles. The Bertz CT molecular complexity index is 795. The highest BCUT2D eigenvalue weighted by atomic mass is 35.5. The average Bonchev–Trinajstić information content (AvgIpc) is 2.35. The van der Waals surface area contributed by atoms with Gasteiger partial charge in [-0.1, -0.05) is 12.0 Å². The number of nitrogens with one attached hydrogen (secondary N) is 1. The minimum atomic E-state index is -3.30. The first-order valence-electron chi connectivity index (χ1n) is 5.51. The van der Waals surface area contributed by atoms with Gasteiger partial charge in [-0.05, 0) is 41.8 Å². The molecule has 0 aliphatic rings. The van der Waals surface area contributed by atoms with E-state index < -0.39 is 10.0 Å². The summed E-state index contributed by atoms with van der Waals surface area (Å²) in [6.45, 7) is 0. The summed E-state index contributed by atoms with van der Waals surface area (Å²) < 4.78 is 24.7. The van der Waals surface area contributed by atoms with Gasteiger partial charge in [0.15, 0.2) is 0 Å². The summed E-state index contributed by atoms with van der Waals surface area (Å²) in [6, 6.07) is 8.40. The van der Waals surface area contributed by atoms with Crippen LogP contribution in [0.25, 0.3) is 0 Å². The van der Waals surface area contributed by atoms with Crippen LogP contribution in [0.1, 0.15) is 11.3 Å². The molecule has 0 fully saturated rings. The number of aromatic nitrogens is 2. The summed E-state index contributed by atoms with van der Waals surface area (Å²) in [6.07, 6.45) is 2.61. The molecule has 1 aromatic carbocycles. The lowest BCUT2D eigenvalue weighted by atomic mass is 10.2. The summed E-state index contributed by atoms with van der Waals surface area (Å²) in [5.41, 5.74) is 1.61. The largest absolute Gasteiger partial charge is 0.284 e.